The first-order valence-electron chi connectivity index (χ1n) is 5.73. The van der Waals surface area contributed by atoms with Gasteiger partial charge in [-0.2, -0.15) is 0 Å². The van der Waals surface area contributed by atoms with E-state index in [1.54, 1.807) is 24.5 Å². The van der Waals surface area contributed by atoms with Crippen molar-refractivity contribution in [3.8, 4) is 0 Å². The molecule has 0 saturated carbocycles. The summed E-state index contributed by atoms with van der Waals surface area (Å²) in [5, 5.41) is 3.50. The first-order valence-corrected chi connectivity index (χ1v) is 6.11. The molecule has 94 valence electrons. The number of carbonyl (C=O) groups excluding carboxylic acids is 1. The number of halogens is 1. The molecule has 0 bridgehead atoms. The quantitative estimate of drug-likeness (QED) is 0.866. The number of H-pyrrole nitrogens is 1. The average Bonchev–Trinajstić information content (AvgIpc) is 2.82. The normalized spacial score (nSPS) is 10.3. The maximum atomic E-state index is 11.7. The molecule has 1 heterocycles. The fourth-order valence-electron chi connectivity index (χ4n) is 1.65. The van der Waals surface area contributed by atoms with E-state index in [0.29, 0.717) is 24.4 Å². The van der Waals surface area contributed by atoms with Gasteiger partial charge in [0.25, 0.3) is 0 Å². The van der Waals surface area contributed by atoms with E-state index in [1.165, 1.54) is 0 Å². The maximum absolute atomic E-state index is 11.7. The van der Waals surface area contributed by atoms with Crippen LogP contribution in [-0.4, -0.2) is 22.4 Å². The minimum atomic E-state index is -0.0103. The fraction of sp³-hybridized carbons (Fsp3) is 0.231. The number of nitrogens with one attached hydrogen (secondary N) is 2. The largest absolute Gasteiger partial charge is 0.355 e. The molecule has 0 saturated heterocycles. The van der Waals surface area contributed by atoms with Crippen LogP contribution in [-0.2, 0) is 17.6 Å². The topological polar surface area (TPSA) is 57.8 Å². The summed E-state index contributed by atoms with van der Waals surface area (Å²) in [6.07, 6.45) is 4.51. The van der Waals surface area contributed by atoms with Crippen molar-refractivity contribution in [3.05, 3.63) is 53.1 Å². The molecule has 0 spiro atoms. The van der Waals surface area contributed by atoms with Crippen molar-refractivity contribution in [1.29, 1.82) is 0 Å². The van der Waals surface area contributed by atoms with Crippen LogP contribution in [0.4, 0.5) is 0 Å². The summed E-state index contributed by atoms with van der Waals surface area (Å²) >= 11 is 5.86. The Morgan fingerprint density at radius 3 is 3.06 bits per heavy atom. The van der Waals surface area contributed by atoms with Crippen molar-refractivity contribution < 1.29 is 4.79 Å². The monoisotopic (exact) mass is 263 g/mol. The number of nitrogens with zero attached hydrogens (tertiary/aromatic N) is 1. The zero-order valence-electron chi connectivity index (χ0n) is 9.82. The van der Waals surface area contributed by atoms with E-state index in [-0.39, 0.29) is 5.91 Å². The average molecular weight is 264 g/mol. The summed E-state index contributed by atoms with van der Waals surface area (Å²) in [5.41, 5.74) is 0.915. The molecule has 2 rings (SSSR count). The van der Waals surface area contributed by atoms with Crippen LogP contribution in [0, 0.1) is 0 Å². The predicted octanol–water partition coefficient (Wildman–Crippen LogP) is 1.96. The van der Waals surface area contributed by atoms with Crippen molar-refractivity contribution in [1.82, 2.24) is 15.3 Å². The fourth-order valence-corrected chi connectivity index (χ4v) is 1.86. The highest BCUT2D eigenvalue weighted by molar-refractivity contribution is 6.30. The van der Waals surface area contributed by atoms with Gasteiger partial charge in [-0.05, 0) is 17.7 Å². The molecule has 1 amide bonds. The zero-order chi connectivity index (χ0) is 12.8. The van der Waals surface area contributed by atoms with Crippen LogP contribution in [0.2, 0.25) is 5.02 Å². The van der Waals surface area contributed by atoms with E-state index >= 15 is 0 Å². The third-order valence-corrected chi connectivity index (χ3v) is 2.73. The van der Waals surface area contributed by atoms with E-state index < -0.39 is 0 Å². The summed E-state index contributed by atoms with van der Waals surface area (Å²) in [6.45, 7) is 0.576. The third kappa shape index (κ3) is 3.89. The van der Waals surface area contributed by atoms with Gasteiger partial charge in [0.1, 0.15) is 5.82 Å². The SMILES string of the molecule is O=C(Cc1cccc(Cl)c1)NCCc1ncc[nH]1. The number of amides is 1. The molecule has 0 aliphatic rings. The summed E-state index contributed by atoms with van der Waals surface area (Å²) < 4.78 is 0. The molecule has 0 aliphatic heterocycles. The van der Waals surface area contributed by atoms with Gasteiger partial charge >= 0.3 is 0 Å². The van der Waals surface area contributed by atoms with Crippen molar-refractivity contribution in [3.63, 3.8) is 0 Å². The summed E-state index contributed by atoms with van der Waals surface area (Å²) in [5.74, 6) is 0.863. The molecule has 0 atom stereocenters. The van der Waals surface area contributed by atoms with Crippen molar-refractivity contribution in [2.24, 2.45) is 0 Å². The molecule has 0 fully saturated rings. The molecule has 1 aromatic heterocycles. The Morgan fingerprint density at radius 1 is 1.44 bits per heavy atom. The molecule has 2 aromatic rings. The van der Waals surface area contributed by atoms with Crippen LogP contribution in [0.3, 0.4) is 0 Å². The summed E-state index contributed by atoms with van der Waals surface area (Å²) in [6, 6.07) is 7.32. The van der Waals surface area contributed by atoms with Gasteiger partial charge in [0.05, 0.1) is 6.42 Å². The molecule has 2 N–H and O–H groups in total. The summed E-state index contributed by atoms with van der Waals surface area (Å²) in [4.78, 5) is 18.7. The lowest BCUT2D eigenvalue weighted by Crippen LogP contribution is -2.27. The second-order valence-electron chi connectivity index (χ2n) is 3.94. The van der Waals surface area contributed by atoms with Gasteiger partial charge in [0, 0.05) is 30.4 Å². The Morgan fingerprint density at radius 2 is 2.33 bits per heavy atom. The molecule has 4 nitrogen and oxygen atoms in total. The molecule has 1 aromatic carbocycles. The Kier molecular flexibility index (Phi) is 4.36. The molecular weight excluding hydrogens is 250 g/mol. The van der Waals surface area contributed by atoms with E-state index in [9.17, 15) is 4.79 Å². The number of rotatable bonds is 5. The minimum Gasteiger partial charge on any atom is -0.355 e. The lowest BCUT2D eigenvalue weighted by molar-refractivity contribution is -0.120. The molecular formula is C13H14ClN3O. The van der Waals surface area contributed by atoms with Crippen LogP contribution in [0.1, 0.15) is 11.4 Å². The van der Waals surface area contributed by atoms with Crippen molar-refractivity contribution >= 4 is 17.5 Å². The molecule has 0 radical (unpaired) electrons. The highest BCUT2D eigenvalue weighted by Gasteiger charge is 2.03. The molecule has 5 heteroatoms. The first-order chi connectivity index (χ1) is 8.74. The van der Waals surface area contributed by atoms with Gasteiger partial charge < -0.3 is 10.3 Å². The van der Waals surface area contributed by atoms with Crippen LogP contribution in [0.15, 0.2) is 36.7 Å². The van der Waals surface area contributed by atoms with Gasteiger partial charge in [-0.3, -0.25) is 4.79 Å². The number of hydrogen-bond acceptors (Lipinski definition) is 2. The standard InChI is InChI=1S/C13H14ClN3O/c14-11-3-1-2-10(8-11)9-13(18)17-5-4-12-15-6-7-16-12/h1-3,6-8H,4-5,9H2,(H,15,16)(H,17,18). The Labute approximate surface area is 110 Å². The number of aromatic nitrogens is 2. The minimum absolute atomic E-state index is 0.0103. The number of carbonyl (C=O) groups is 1. The second kappa shape index (κ2) is 6.21. The first kappa shape index (κ1) is 12.6. The van der Waals surface area contributed by atoms with E-state index in [2.05, 4.69) is 15.3 Å². The molecule has 0 aliphatic carbocycles. The number of imidazole rings is 1. The lowest BCUT2D eigenvalue weighted by Gasteiger charge is -2.04. The van der Waals surface area contributed by atoms with Gasteiger partial charge in [-0.25, -0.2) is 4.98 Å². The van der Waals surface area contributed by atoms with Crippen LogP contribution in [0.25, 0.3) is 0 Å². The molecule has 0 unspecified atom stereocenters. The van der Waals surface area contributed by atoms with Crippen molar-refractivity contribution in [2.75, 3.05) is 6.54 Å². The van der Waals surface area contributed by atoms with Gasteiger partial charge in [-0.1, -0.05) is 23.7 Å². The van der Waals surface area contributed by atoms with Gasteiger partial charge in [0.2, 0.25) is 5.91 Å². The summed E-state index contributed by atoms with van der Waals surface area (Å²) in [7, 11) is 0. The van der Waals surface area contributed by atoms with Crippen molar-refractivity contribution in [2.45, 2.75) is 12.8 Å². The number of aromatic amines is 1. The van der Waals surface area contributed by atoms with E-state index in [4.69, 9.17) is 11.6 Å². The Balaban J connectivity index is 1.75. The second-order valence-corrected chi connectivity index (χ2v) is 4.38. The van der Waals surface area contributed by atoms with Crippen LogP contribution in [0.5, 0.6) is 0 Å². The lowest BCUT2D eigenvalue weighted by atomic mass is 10.1. The maximum Gasteiger partial charge on any atom is 0.224 e. The molecule has 18 heavy (non-hydrogen) atoms. The van der Waals surface area contributed by atoms with E-state index in [0.717, 1.165) is 11.4 Å². The van der Waals surface area contributed by atoms with Crippen LogP contribution < -0.4 is 5.32 Å². The van der Waals surface area contributed by atoms with Crippen LogP contribution >= 0.6 is 11.6 Å². The van der Waals surface area contributed by atoms with Gasteiger partial charge in [-0.15, -0.1) is 0 Å². The highest BCUT2D eigenvalue weighted by atomic mass is 35.5. The van der Waals surface area contributed by atoms with E-state index in [1.807, 2.05) is 12.1 Å². The van der Waals surface area contributed by atoms with Gasteiger partial charge in [0.15, 0.2) is 0 Å². The number of benzene rings is 1. The number of hydrogen-bond donors (Lipinski definition) is 2. The zero-order valence-corrected chi connectivity index (χ0v) is 10.6. The predicted molar refractivity (Wildman–Crippen MR) is 70.5 cm³/mol. The highest BCUT2D eigenvalue weighted by Crippen LogP contribution is 2.10. The third-order valence-electron chi connectivity index (χ3n) is 2.49. The Bertz CT molecular complexity index is 511. The smallest absolute Gasteiger partial charge is 0.224 e. The Hall–Kier alpha value is -1.81.